The van der Waals surface area contributed by atoms with E-state index in [4.69, 9.17) is 15.2 Å². The van der Waals surface area contributed by atoms with Crippen molar-refractivity contribution >= 4 is 0 Å². The first-order chi connectivity index (χ1) is 11.2. The molecule has 122 valence electrons. The van der Waals surface area contributed by atoms with Gasteiger partial charge in [-0.3, -0.25) is 0 Å². The van der Waals surface area contributed by atoms with Gasteiger partial charge in [0.15, 0.2) is 11.5 Å². The minimum absolute atomic E-state index is 0.0890. The molecule has 0 fully saturated rings. The van der Waals surface area contributed by atoms with Gasteiger partial charge < -0.3 is 15.2 Å². The fourth-order valence-electron chi connectivity index (χ4n) is 3.64. The van der Waals surface area contributed by atoms with Crippen molar-refractivity contribution in [2.45, 2.75) is 38.1 Å². The lowest BCUT2D eigenvalue weighted by Gasteiger charge is -2.26. The van der Waals surface area contributed by atoms with Gasteiger partial charge in [-0.25, -0.2) is 0 Å². The van der Waals surface area contributed by atoms with E-state index in [0.717, 1.165) is 30.8 Å². The van der Waals surface area contributed by atoms with E-state index in [9.17, 15) is 0 Å². The molecule has 0 amide bonds. The normalized spacial score (nSPS) is 17.7. The van der Waals surface area contributed by atoms with Gasteiger partial charge in [0.05, 0.1) is 14.2 Å². The number of nitrogens with two attached hydrogens (primary N) is 1. The number of ether oxygens (including phenoxy) is 2. The van der Waals surface area contributed by atoms with Crippen LogP contribution in [0.3, 0.4) is 0 Å². The van der Waals surface area contributed by atoms with E-state index < -0.39 is 0 Å². The first-order valence-electron chi connectivity index (χ1n) is 8.27. The van der Waals surface area contributed by atoms with Gasteiger partial charge in [-0.2, -0.15) is 0 Å². The molecule has 0 saturated heterocycles. The number of hydrogen-bond acceptors (Lipinski definition) is 3. The second-order valence-corrected chi connectivity index (χ2v) is 6.15. The van der Waals surface area contributed by atoms with Gasteiger partial charge in [0, 0.05) is 12.0 Å². The summed E-state index contributed by atoms with van der Waals surface area (Å²) in [6.07, 6.45) is 2.97. The molecule has 3 heteroatoms. The van der Waals surface area contributed by atoms with Crippen molar-refractivity contribution in [3.8, 4) is 11.5 Å². The molecule has 3 rings (SSSR count). The van der Waals surface area contributed by atoms with Crippen LogP contribution >= 0.6 is 0 Å². The Bertz CT molecular complexity index is 696. The third-order valence-corrected chi connectivity index (χ3v) is 4.93. The second-order valence-electron chi connectivity index (χ2n) is 6.15. The number of aryl methyl sites for hydroxylation is 2. The Labute approximate surface area is 138 Å². The summed E-state index contributed by atoms with van der Waals surface area (Å²) in [5.74, 6) is 1.77. The summed E-state index contributed by atoms with van der Waals surface area (Å²) >= 11 is 0. The zero-order valence-corrected chi connectivity index (χ0v) is 14.1. The third kappa shape index (κ3) is 2.81. The molecule has 0 saturated carbocycles. The zero-order valence-electron chi connectivity index (χ0n) is 14.1. The predicted molar refractivity (Wildman–Crippen MR) is 93.5 cm³/mol. The largest absolute Gasteiger partial charge is 0.493 e. The van der Waals surface area contributed by atoms with E-state index >= 15 is 0 Å². The molecule has 2 aromatic rings. The summed E-state index contributed by atoms with van der Waals surface area (Å²) in [6, 6.07) is 13.0. The second kappa shape index (κ2) is 6.63. The molecule has 3 nitrogen and oxygen atoms in total. The number of rotatable bonds is 4. The number of methoxy groups -OCH3 is 2. The van der Waals surface area contributed by atoms with E-state index in [1.54, 1.807) is 14.2 Å². The van der Waals surface area contributed by atoms with Crippen molar-refractivity contribution in [2.75, 3.05) is 14.2 Å². The molecule has 2 N–H and O–H groups in total. The maximum atomic E-state index is 6.54. The van der Waals surface area contributed by atoms with Gasteiger partial charge >= 0.3 is 0 Å². The lowest BCUT2D eigenvalue weighted by molar-refractivity contribution is 0.353. The lowest BCUT2D eigenvalue weighted by atomic mass is 9.82. The first kappa shape index (κ1) is 15.9. The molecule has 23 heavy (non-hydrogen) atoms. The van der Waals surface area contributed by atoms with E-state index in [1.807, 2.05) is 0 Å². The van der Waals surface area contributed by atoms with Crippen LogP contribution in [0.15, 0.2) is 36.4 Å². The van der Waals surface area contributed by atoms with Crippen LogP contribution in [-0.2, 0) is 12.8 Å². The summed E-state index contributed by atoms with van der Waals surface area (Å²) in [4.78, 5) is 0. The van der Waals surface area contributed by atoms with E-state index in [0.29, 0.717) is 0 Å². The van der Waals surface area contributed by atoms with Crippen molar-refractivity contribution < 1.29 is 9.47 Å². The quantitative estimate of drug-likeness (QED) is 0.937. The maximum Gasteiger partial charge on any atom is 0.161 e. The van der Waals surface area contributed by atoms with Gasteiger partial charge in [0.25, 0.3) is 0 Å². The highest BCUT2D eigenvalue weighted by Gasteiger charge is 2.29. The maximum absolute atomic E-state index is 6.54. The Morgan fingerprint density at radius 3 is 2.35 bits per heavy atom. The van der Waals surface area contributed by atoms with Gasteiger partial charge in [-0.1, -0.05) is 31.2 Å². The van der Waals surface area contributed by atoms with Crippen LogP contribution in [0.1, 0.15) is 41.5 Å². The van der Waals surface area contributed by atoms with Crippen molar-refractivity contribution in [1.29, 1.82) is 0 Å². The molecular weight excluding hydrogens is 286 g/mol. The van der Waals surface area contributed by atoms with Crippen molar-refractivity contribution in [3.63, 3.8) is 0 Å². The summed E-state index contributed by atoms with van der Waals surface area (Å²) in [7, 11) is 3.37. The number of fused-ring (bicyclic) bond motifs is 2. The van der Waals surface area contributed by atoms with E-state index in [2.05, 4.69) is 43.3 Å². The third-order valence-electron chi connectivity index (χ3n) is 4.93. The molecule has 0 aromatic heterocycles. The topological polar surface area (TPSA) is 44.5 Å². The Morgan fingerprint density at radius 1 is 1.00 bits per heavy atom. The van der Waals surface area contributed by atoms with E-state index in [1.165, 1.54) is 22.3 Å². The SMILES string of the molecule is CCC(N)C1c2ccccc2CCc2cc(OC)c(OC)cc21. The molecule has 0 spiro atoms. The molecule has 2 aromatic carbocycles. The Hall–Kier alpha value is -2.00. The molecule has 1 aliphatic rings. The predicted octanol–water partition coefficient (Wildman–Crippen LogP) is 3.67. The molecule has 0 aliphatic heterocycles. The van der Waals surface area contributed by atoms with E-state index in [-0.39, 0.29) is 12.0 Å². The van der Waals surface area contributed by atoms with Gasteiger partial charge in [-0.05, 0) is 53.6 Å². The fourth-order valence-corrected chi connectivity index (χ4v) is 3.64. The van der Waals surface area contributed by atoms with Gasteiger partial charge in [0.1, 0.15) is 0 Å². The highest BCUT2D eigenvalue weighted by atomic mass is 16.5. The smallest absolute Gasteiger partial charge is 0.161 e. The van der Waals surface area contributed by atoms with Crippen LogP contribution in [0.25, 0.3) is 0 Å². The minimum atomic E-state index is 0.0890. The Morgan fingerprint density at radius 2 is 1.65 bits per heavy atom. The molecule has 0 heterocycles. The lowest BCUT2D eigenvalue weighted by Crippen LogP contribution is -2.29. The summed E-state index contributed by atoms with van der Waals surface area (Å²) < 4.78 is 11.0. The molecule has 2 unspecified atom stereocenters. The standard InChI is InChI=1S/C20H25NO2/c1-4-17(21)20-15-8-6-5-7-13(15)9-10-14-11-18(22-2)19(23-3)12-16(14)20/h5-8,11-12,17,20H,4,9-10,21H2,1-3H3. The fraction of sp³-hybridized carbons (Fsp3) is 0.400. The monoisotopic (exact) mass is 311 g/mol. The van der Waals surface area contributed by atoms with Crippen LogP contribution in [0.5, 0.6) is 11.5 Å². The van der Waals surface area contributed by atoms with Crippen LogP contribution in [-0.4, -0.2) is 20.3 Å². The van der Waals surface area contributed by atoms with Crippen LogP contribution < -0.4 is 15.2 Å². The van der Waals surface area contributed by atoms with Crippen molar-refractivity contribution in [3.05, 3.63) is 58.7 Å². The minimum Gasteiger partial charge on any atom is -0.493 e. The van der Waals surface area contributed by atoms with Crippen molar-refractivity contribution in [2.24, 2.45) is 5.73 Å². The molecule has 2 atom stereocenters. The van der Waals surface area contributed by atoms with Crippen LogP contribution in [0, 0.1) is 0 Å². The molecule has 1 aliphatic carbocycles. The summed E-state index contributed by atoms with van der Waals surface area (Å²) in [6.45, 7) is 2.15. The van der Waals surface area contributed by atoms with Crippen LogP contribution in [0.2, 0.25) is 0 Å². The number of benzene rings is 2. The average molecular weight is 311 g/mol. The highest BCUT2D eigenvalue weighted by molar-refractivity contribution is 5.54. The Kier molecular flexibility index (Phi) is 4.58. The zero-order chi connectivity index (χ0) is 16.4. The molecular formula is C20H25NO2. The van der Waals surface area contributed by atoms with Crippen LogP contribution in [0.4, 0.5) is 0 Å². The first-order valence-corrected chi connectivity index (χ1v) is 8.27. The Balaban J connectivity index is 2.21. The van der Waals surface area contributed by atoms with Crippen molar-refractivity contribution in [1.82, 2.24) is 0 Å². The summed E-state index contributed by atoms with van der Waals surface area (Å²) in [5.41, 5.74) is 11.9. The van der Waals surface area contributed by atoms with Gasteiger partial charge in [-0.15, -0.1) is 0 Å². The molecule has 0 bridgehead atoms. The molecule has 0 radical (unpaired) electrons. The summed E-state index contributed by atoms with van der Waals surface area (Å²) in [5, 5.41) is 0. The average Bonchev–Trinajstić information content (AvgIpc) is 2.76. The highest BCUT2D eigenvalue weighted by Crippen LogP contribution is 2.41. The number of hydrogen-bond donors (Lipinski definition) is 1. The van der Waals surface area contributed by atoms with Gasteiger partial charge in [0.2, 0.25) is 0 Å².